The van der Waals surface area contributed by atoms with Crippen LogP contribution in [0.4, 0.5) is 0 Å². The number of halogens is 2. The zero-order valence-corrected chi connectivity index (χ0v) is 11.6. The fraction of sp³-hybridized carbons (Fsp3) is 0.364. The summed E-state index contributed by atoms with van der Waals surface area (Å²) in [6, 6.07) is 4.50. The molecular weight excluding hydrogens is 307 g/mol. The molecule has 0 saturated heterocycles. The zero-order chi connectivity index (χ0) is 13.0. The van der Waals surface area contributed by atoms with Gasteiger partial charge in [-0.25, -0.2) is 0 Å². The molecule has 0 aliphatic carbocycles. The Labute approximate surface area is 113 Å². The van der Waals surface area contributed by atoms with Crippen molar-refractivity contribution in [2.24, 2.45) is 5.73 Å². The molecule has 6 heteroatoms. The van der Waals surface area contributed by atoms with E-state index in [1.165, 1.54) is 0 Å². The molecule has 0 heterocycles. The van der Waals surface area contributed by atoms with Crippen molar-refractivity contribution >= 4 is 33.4 Å². The van der Waals surface area contributed by atoms with Gasteiger partial charge in [0.2, 0.25) is 0 Å². The van der Waals surface area contributed by atoms with Crippen LogP contribution in [-0.4, -0.2) is 29.7 Å². The van der Waals surface area contributed by atoms with Gasteiger partial charge in [-0.3, -0.25) is 4.79 Å². The Morgan fingerprint density at radius 2 is 2.29 bits per heavy atom. The molecule has 0 aromatic heterocycles. The van der Waals surface area contributed by atoms with Gasteiger partial charge >= 0.3 is 0 Å². The van der Waals surface area contributed by atoms with Crippen molar-refractivity contribution in [2.45, 2.75) is 19.1 Å². The number of carbonyl (C=O) groups excluding carboxylic acids is 1. The second-order valence-electron chi connectivity index (χ2n) is 3.74. The summed E-state index contributed by atoms with van der Waals surface area (Å²) in [5.74, 6) is -0.307. The van der Waals surface area contributed by atoms with Crippen molar-refractivity contribution in [1.82, 2.24) is 5.32 Å². The highest BCUT2D eigenvalue weighted by atomic mass is 79.9. The fourth-order valence-corrected chi connectivity index (χ4v) is 1.91. The lowest BCUT2D eigenvalue weighted by Crippen LogP contribution is -2.43. The standard InChI is InChI=1S/C11H14BrClN2O2/c1-6(16)10(14)5-15-11(17)8-3-2-7(12)4-9(8)13/h2-4,6,10,16H,5,14H2,1H3,(H,15,17). The first-order chi connectivity index (χ1) is 7.91. The third-order valence-corrected chi connectivity index (χ3v) is 3.10. The van der Waals surface area contributed by atoms with Gasteiger partial charge in [-0.05, 0) is 25.1 Å². The first-order valence-electron chi connectivity index (χ1n) is 5.08. The van der Waals surface area contributed by atoms with Gasteiger partial charge in [0.1, 0.15) is 0 Å². The van der Waals surface area contributed by atoms with Crippen LogP contribution in [0.15, 0.2) is 22.7 Å². The van der Waals surface area contributed by atoms with Gasteiger partial charge in [0.15, 0.2) is 0 Å². The Hall–Kier alpha value is -0.620. The van der Waals surface area contributed by atoms with Crippen LogP contribution in [0, 0.1) is 0 Å². The predicted molar refractivity (Wildman–Crippen MR) is 71.1 cm³/mol. The Morgan fingerprint density at radius 3 is 2.82 bits per heavy atom. The number of hydrogen-bond donors (Lipinski definition) is 3. The minimum atomic E-state index is -0.671. The highest BCUT2D eigenvalue weighted by Gasteiger charge is 2.14. The molecule has 0 fully saturated rings. The van der Waals surface area contributed by atoms with Crippen LogP contribution in [-0.2, 0) is 0 Å². The molecule has 2 unspecified atom stereocenters. The van der Waals surface area contributed by atoms with Crippen LogP contribution in [0.3, 0.4) is 0 Å². The lowest BCUT2D eigenvalue weighted by molar-refractivity contribution is 0.0937. The van der Waals surface area contributed by atoms with Crippen molar-refractivity contribution in [3.8, 4) is 0 Å². The van der Waals surface area contributed by atoms with Gasteiger partial charge in [0.25, 0.3) is 5.91 Å². The summed E-state index contributed by atoms with van der Waals surface area (Å²) in [5.41, 5.74) is 5.98. The quantitative estimate of drug-likeness (QED) is 0.787. The number of nitrogens with one attached hydrogen (secondary N) is 1. The molecule has 1 aromatic rings. The van der Waals surface area contributed by atoms with Crippen LogP contribution < -0.4 is 11.1 Å². The van der Waals surface area contributed by atoms with E-state index in [9.17, 15) is 9.90 Å². The lowest BCUT2D eigenvalue weighted by atomic mass is 10.1. The molecule has 0 spiro atoms. The molecular formula is C11H14BrClN2O2. The monoisotopic (exact) mass is 320 g/mol. The van der Waals surface area contributed by atoms with Crippen LogP contribution in [0.25, 0.3) is 0 Å². The topological polar surface area (TPSA) is 75.3 Å². The van der Waals surface area contributed by atoms with Crippen molar-refractivity contribution in [3.05, 3.63) is 33.3 Å². The smallest absolute Gasteiger partial charge is 0.252 e. The van der Waals surface area contributed by atoms with Gasteiger partial charge in [0.05, 0.1) is 16.7 Å². The zero-order valence-electron chi connectivity index (χ0n) is 9.28. The summed E-state index contributed by atoms with van der Waals surface area (Å²) in [4.78, 5) is 11.8. The van der Waals surface area contributed by atoms with Crippen LogP contribution in [0.1, 0.15) is 17.3 Å². The highest BCUT2D eigenvalue weighted by molar-refractivity contribution is 9.10. The number of nitrogens with two attached hydrogens (primary N) is 1. The maximum atomic E-state index is 11.8. The Kier molecular flexibility index (Phi) is 5.39. The average molecular weight is 322 g/mol. The molecule has 0 saturated carbocycles. The molecule has 0 radical (unpaired) electrons. The molecule has 1 rings (SSSR count). The third-order valence-electron chi connectivity index (χ3n) is 2.29. The number of rotatable bonds is 4. The lowest BCUT2D eigenvalue weighted by Gasteiger charge is -2.15. The van der Waals surface area contributed by atoms with Crippen molar-refractivity contribution < 1.29 is 9.90 Å². The van der Waals surface area contributed by atoms with Gasteiger partial charge < -0.3 is 16.2 Å². The summed E-state index contributed by atoms with van der Waals surface area (Å²) < 4.78 is 0.805. The van der Waals surface area contributed by atoms with E-state index < -0.39 is 12.1 Å². The van der Waals surface area contributed by atoms with Crippen molar-refractivity contribution in [3.63, 3.8) is 0 Å². The summed E-state index contributed by atoms with van der Waals surface area (Å²) >= 11 is 9.19. The molecule has 2 atom stereocenters. The number of aliphatic hydroxyl groups excluding tert-OH is 1. The Balaban J connectivity index is 2.64. The SMILES string of the molecule is CC(O)C(N)CNC(=O)c1ccc(Br)cc1Cl. The van der Waals surface area contributed by atoms with Crippen molar-refractivity contribution in [1.29, 1.82) is 0 Å². The van der Waals surface area contributed by atoms with E-state index in [-0.39, 0.29) is 12.5 Å². The van der Waals surface area contributed by atoms with E-state index in [0.717, 1.165) is 4.47 Å². The van der Waals surface area contributed by atoms with E-state index in [1.807, 2.05) is 0 Å². The predicted octanol–water partition coefficient (Wildman–Crippen LogP) is 1.54. The normalized spacial score (nSPS) is 14.2. The first kappa shape index (κ1) is 14.4. The van der Waals surface area contributed by atoms with E-state index in [0.29, 0.717) is 10.6 Å². The molecule has 1 aromatic carbocycles. The maximum Gasteiger partial charge on any atom is 0.252 e. The average Bonchev–Trinajstić information content (AvgIpc) is 2.25. The van der Waals surface area contributed by atoms with Gasteiger partial charge in [-0.2, -0.15) is 0 Å². The largest absolute Gasteiger partial charge is 0.392 e. The molecule has 0 aliphatic rings. The number of aliphatic hydroxyl groups is 1. The van der Waals surface area contributed by atoms with Gasteiger partial charge in [0, 0.05) is 17.1 Å². The number of hydrogen-bond acceptors (Lipinski definition) is 3. The summed E-state index contributed by atoms with van der Waals surface area (Å²) in [7, 11) is 0. The first-order valence-corrected chi connectivity index (χ1v) is 6.26. The molecule has 0 aliphatic heterocycles. The minimum Gasteiger partial charge on any atom is -0.392 e. The molecule has 4 N–H and O–H groups in total. The third kappa shape index (κ3) is 4.27. The van der Waals surface area contributed by atoms with Crippen LogP contribution in [0.2, 0.25) is 5.02 Å². The summed E-state index contributed by atoms with van der Waals surface area (Å²) in [6.45, 7) is 1.77. The molecule has 1 amide bonds. The van der Waals surface area contributed by atoms with E-state index >= 15 is 0 Å². The molecule has 17 heavy (non-hydrogen) atoms. The number of amides is 1. The van der Waals surface area contributed by atoms with E-state index in [4.69, 9.17) is 17.3 Å². The van der Waals surface area contributed by atoms with Crippen LogP contribution >= 0.6 is 27.5 Å². The molecule has 4 nitrogen and oxygen atoms in total. The molecule has 0 bridgehead atoms. The Bertz CT molecular complexity index is 412. The number of benzene rings is 1. The summed E-state index contributed by atoms with van der Waals surface area (Å²) in [5, 5.41) is 12.2. The molecule has 94 valence electrons. The Morgan fingerprint density at radius 1 is 1.65 bits per heavy atom. The van der Waals surface area contributed by atoms with E-state index in [2.05, 4.69) is 21.2 Å². The number of carbonyl (C=O) groups is 1. The van der Waals surface area contributed by atoms with Crippen molar-refractivity contribution in [2.75, 3.05) is 6.54 Å². The summed E-state index contributed by atoms with van der Waals surface area (Å²) in [6.07, 6.45) is -0.671. The fourth-order valence-electron chi connectivity index (χ4n) is 1.15. The minimum absolute atomic E-state index is 0.197. The van der Waals surface area contributed by atoms with Gasteiger partial charge in [-0.1, -0.05) is 27.5 Å². The highest BCUT2D eigenvalue weighted by Crippen LogP contribution is 2.21. The van der Waals surface area contributed by atoms with E-state index in [1.54, 1.807) is 25.1 Å². The maximum absolute atomic E-state index is 11.8. The second kappa shape index (κ2) is 6.35. The van der Waals surface area contributed by atoms with Gasteiger partial charge in [-0.15, -0.1) is 0 Å². The second-order valence-corrected chi connectivity index (χ2v) is 5.06. The van der Waals surface area contributed by atoms with Crippen LogP contribution in [0.5, 0.6) is 0 Å².